The highest BCUT2D eigenvalue weighted by Gasteiger charge is 2.55. The Balaban J connectivity index is 1.60. The number of ether oxygens (including phenoxy) is 2. The maximum Gasteiger partial charge on any atom is 0.309 e. The number of fused-ring (bicyclic) bond motifs is 1. The van der Waals surface area contributed by atoms with Crippen molar-refractivity contribution in [2.24, 2.45) is 17.3 Å². The molecule has 1 spiro atoms. The molecule has 0 bridgehead atoms. The number of hydrogen-bond donors (Lipinski definition) is 2. The number of hydrogen-bond acceptors (Lipinski definition) is 7. The van der Waals surface area contributed by atoms with Crippen LogP contribution in [0.25, 0.3) is 6.08 Å². The molecule has 1 aliphatic carbocycles. The van der Waals surface area contributed by atoms with Crippen LogP contribution < -0.4 is 0 Å². The number of ketones is 1. The van der Waals surface area contributed by atoms with Crippen molar-refractivity contribution in [2.75, 3.05) is 0 Å². The lowest BCUT2D eigenvalue weighted by molar-refractivity contribution is -0.162. The predicted molar refractivity (Wildman–Crippen MR) is 141 cm³/mol. The Hall–Kier alpha value is -1.80. The average molecular weight is 534 g/mol. The van der Waals surface area contributed by atoms with Crippen molar-refractivity contribution >= 4 is 29.4 Å². The average Bonchev–Trinajstić information content (AvgIpc) is 3.46. The molecule has 3 fully saturated rings. The fourth-order valence-electron chi connectivity index (χ4n) is 6.07. The van der Waals surface area contributed by atoms with Gasteiger partial charge in [0.05, 0.1) is 46.5 Å². The van der Waals surface area contributed by atoms with Crippen molar-refractivity contribution in [2.45, 2.75) is 109 Å². The van der Waals surface area contributed by atoms with E-state index in [9.17, 15) is 19.8 Å². The van der Waals surface area contributed by atoms with Crippen molar-refractivity contribution in [3.8, 4) is 0 Å². The first-order valence-electron chi connectivity index (χ1n) is 13.7. The van der Waals surface area contributed by atoms with Crippen LogP contribution in [0.2, 0.25) is 0 Å². The number of aliphatic hydroxyl groups excluding tert-OH is 2. The van der Waals surface area contributed by atoms with Crippen LogP contribution in [0.4, 0.5) is 0 Å². The molecular formula is C29H40ClNO6. The van der Waals surface area contributed by atoms with Gasteiger partial charge < -0.3 is 19.7 Å². The van der Waals surface area contributed by atoms with E-state index in [0.717, 1.165) is 25.7 Å². The summed E-state index contributed by atoms with van der Waals surface area (Å²) in [5.74, 6) is -1.38. The van der Waals surface area contributed by atoms with E-state index in [2.05, 4.69) is 4.98 Å². The van der Waals surface area contributed by atoms with Gasteiger partial charge in [-0.15, -0.1) is 0 Å². The first kappa shape index (κ1) is 28.2. The molecule has 1 aromatic rings. The van der Waals surface area contributed by atoms with Gasteiger partial charge >= 0.3 is 5.97 Å². The number of Topliss-reactive ketones (excluding diaryl/α,β-unsaturated/α-hetero) is 1. The molecule has 3 heterocycles. The van der Waals surface area contributed by atoms with Crippen molar-refractivity contribution < 1.29 is 29.3 Å². The summed E-state index contributed by atoms with van der Waals surface area (Å²) in [7, 11) is 0. The van der Waals surface area contributed by atoms with Crippen LogP contribution in [0.3, 0.4) is 0 Å². The van der Waals surface area contributed by atoms with Gasteiger partial charge in [0.2, 0.25) is 0 Å². The maximum absolute atomic E-state index is 13.7. The van der Waals surface area contributed by atoms with Crippen molar-refractivity contribution in [1.29, 1.82) is 0 Å². The van der Waals surface area contributed by atoms with Crippen LogP contribution in [0.1, 0.15) is 84.3 Å². The number of pyridine rings is 1. The lowest BCUT2D eigenvalue weighted by Gasteiger charge is -2.46. The first-order valence-corrected chi connectivity index (χ1v) is 14.0. The highest BCUT2D eigenvalue weighted by atomic mass is 35.5. The third kappa shape index (κ3) is 6.11. The van der Waals surface area contributed by atoms with E-state index in [1.165, 1.54) is 0 Å². The minimum absolute atomic E-state index is 0.0645. The smallest absolute Gasteiger partial charge is 0.309 e. The molecule has 2 aliphatic heterocycles. The van der Waals surface area contributed by atoms with Crippen molar-refractivity contribution in [3.05, 3.63) is 35.1 Å². The Morgan fingerprint density at radius 1 is 1.22 bits per heavy atom. The van der Waals surface area contributed by atoms with E-state index in [-0.39, 0.29) is 29.8 Å². The quantitative estimate of drug-likeness (QED) is 0.423. The van der Waals surface area contributed by atoms with E-state index in [1.54, 1.807) is 12.3 Å². The van der Waals surface area contributed by atoms with Gasteiger partial charge in [-0.1, -0.05) is 44.4 Å². The second kappa shape index (κ2) is 11.5. The standard InChI is InChI=1S/C29H40ClNO6/c1-4-20-26(34)18(2)9-7-11-28(3)24(37-28)16-22(21(30)15-19-10-5-6-14-31-19)36-25(33)17-23(32)29(27(20)35)12-8-13-29/h5-6,10,14-15,18,20,22-24,26,32,34H,4,7-9,11-13,16-17H2,1-3H3/t18-,20+,22-,23-,24?,26-,28?/m0/s1. The number of carbonyl (C=O) groups excluding carboxylic acids is 2. The summed E-state index contributed by atoms with van der Waals surface area (Å²) >= 11 is 6.66. The molecule has 204 valence electrons. The molecular weight excluding hydrogens is 494 g/mol. The zero-order valence-electron chi connectivity index (χ0n) is 22.1. The van der Waals surface area contributed by atoms with Crippen LogP contribution in [-0.2, 0) is 19.1 Å². The third-order valence-corrected chi connectivity index (χ3v) is 9.21. The molecule has 2 N–H and O–H groups in total. The van der Waals surface area contributed by atoms with Gasteiger partial charge in [-0.25, -0.2) is 0 Å². The summed E-state index contributed by atoms with van der Waals surface area (Å²) in [6.07, 6.45) is 5.31. The topological polar surface area (TPSA) is 109 Å². The first-order chi connectivity index (χ1) is 17.6. The second-order valence-corrected chi connectivity index (χ2v) is 11.8. The number of rotatable bonds is 3. The minimum atomic E-state index is -1.17. The predicted octanol–water partition coefficient (Wildman–Crippen LogP) is 4.82. The van der Waals surface area contributed by atoms with Gasteiger partial charge in [0.25, 0.3) is 0 Å². The molecule has 4 rings (SSSR count). The van der Waals surface area contributed by atoms with Crippen LogP contribution in [0, 0.1) is 17.3 Å². The third-order valence-electron chi connectivity index (χ3n) is 8.86. The Kier molecular flexibility index (Phi) is 8.79. The number of aliphatic hydroxyl groups is 2. The molecule has 8 heteroatoms. The van der Waals surface area contributed by atoms with Gasteiger partial charge in [0.1, 0.15) is 11.9 Å². The van der Waals surface area contributed by atoms with E-state index in [1.807, 2.05) is 39.0 Å². The van der Waals surface area contributed by atoms with E-state index < -0.39 is 35.6 Å². The summed E-state index contributed by atoms with van der Waals surface area (Å²) in [6, 6.07) is 5.47. The number of nitrogens with zero attached hydrogens (tertiary/aromatic N) is 1. The number of carbonyl (C=O) groups is 2. The molecule has 7 nitrogen and oxygen atoms in total. The minimum Gasteiger partial charge on any atom is -0.456 e. The van der Waals surface area contributed by atoms with Crippen molar-refractivity contribution in [1.82, 2.24) is 4.98 Å². The van der Waals surface area contributed by atoms with Crippen LogP contribution in [0.5, 0.6) is 0 Å². The lowest BCUT2D eigenvalue weighted by atomic mass is 9.58. The Morgan fingerprint density at radius 3 is 2.59 bits per heavy atom. The Labute approximate surface area is 224 Å². The van der Waals surface area contributed by atoms with E-state index in [4.69, 9.17) is 21.1 Å². The van der Waals surface area contributed by atoms with Crippen LogP contribution >= 0.6 is 11.6 Å². The Morgan fingerprint density at radius 2 is 1.97 bits per heavy atom. The molecule has 7 atom stereocenters. The normalized spacial score (nSPS) is 37.4. The molecule has 2 unspecified atom stereocenters. The molecule has 1 saturated carbocycles. The monoisotopic (exact) mass is 533 g/mol. The number of cyclic esters (lactones) is 1. The molecule has 1 aromatic heterocycles. The maximum atomic E-state index is 13.7. The SMILES string of the molecule is CC[C@H]1C(=O)C2(CCC2)[C@@H](O)CC(=O)O[C@H](C(Cl)=Cc2ccccn2)CC2OC2(C)CCC[C@H](C)[C@@H]1O. The van der Waals surface area contributed by atoms with E-state index in [0.29, 0.717) is 36.4 Å². The lowest BCUT2D eigenvalue weighted by Crippen LogP contribution is -2.53. The zero-order chi connectivity index (χ0) is 26.8. The Bertz CT molecular complexity index is 995. The summed E-state index contributed by atoms with van der Waals surface area (Å²) in [6.45, 7) is 5.92. The number of esters is 1. The summed E-state index contributed by atoms with van der Waals surface area (Å²) in [5, 5.41) is 22.6. The molecule has 3 aliphatic rings. The van der Waals surface area contributed by atoms with Crippen LogP contribution in [-0.4, -0.2) is 57.0 Å². The van der Waals surface area contributed by atoms with Gasteiger partial charge in [0.15, 0.2) is 0 Å². The van der Waals surface area contributed by atoms with Gasteiger partial charge in [-0.05, 0) is 63.2 Å². The van der Waals surface area contributed by atoms with E-state index >= 15 is 0 Å². The number of epoxide rings is 1. The van der Waals surface area contributed by atoms with Gasteiger partial charge in [0, 0.05) is 18.5 Å². The summed E-state index contributed by atoms with van der Waals surface area (Å²) in [4.78, 5) is 31.0. The second-order valence-electron chi connectivity index (χ2n) is 11.4. The zero-order valence-corrected chi connectivity index (χ0v) is 22.8. The molecule has 0 aromatic carbocycles. The summed E-state index contributed by atoms with van der Waals surface area (Å²) in [5.41, 5.74) is -0.727. The molecule has 0 amide bonds. The van der Waals surface area contributed by atoms with Crippen molar-refractivity contribution in [3.63, 3.8) is 0 Å². The number of halogens is 1. The number of aromatic nitrogens is 1. The molecule has 37 heavy (non-hydrogen) atoms. The summed E-state index contributed by atoms with van der Waals surface area (Å²) < 4.78 is 11.9. The highest BCUT2D eigenvalue weighted by molar-refractivity contribution is 6.32. The van der Waals surface area contributed by atoms with Crippen LogP contribution in [0.15, 0.2) is 29.4 Å². The highest BCUT2D eigenvalue weighted by Crippen LogP contribution is 2.49. The fraction of sp³-hybridized carbons (Fsp3) is 0.690. The fourth-order valence-corrected chi connectivity index (χ4v) is 6.32. The largest absolute Gasteiger partial charge is 0.456 e. The molecule has 2 saturated heterocycles. The van der Waals surface area contributed by atoms with Gasteiger partial charge in [-0.3, -0.25) is 14.6 Å². The molecule has 0 radical (unpaired) electrons. The van der Waals surface area contributed by atoms with Gasteiger partial charge in [-0.2, -0.15) is 0 Å².